The second kappa shape index (κ2) is 5.42. The summed E-state index contributed by atoms with van der Waals surface area (Å²) in [6.07, 6.45) is 1.90. The topological polar surface area (TPSA) is 55.6 Å². The van der Waals surface area contributed by atoms with Crippen molar-refractivity contribution >= 4 is 17.0 Å². The summed E-state index contributed by atoms with van der Waals surface area (Å²) in [6.45, 7) is 2.68. The van der Waals surface area contributed by atoms with Crippen molar-refractivity contribution in [1.29, 1.82) is 0 Å². The molecule has 0 saturated heterocycles. The van der Waals surface area contributed by atoms with Crippen molar-refractivity contribution in [3.8, 4) is 11.3 Å². The van der Waals surface area contributed by atoms with Crippen LogP contribution in [0.25, 0.3) is 11.3 Å². The minimum atomic E-state index is 0.660. The van der Waals surface area contributed by atoms with Gasteiger partial charge in [-0.15, -0.1) is 16.4 Å². The molecule has 0 bridgehead atoms. The lowest BCUT2D eigenvalue weighted by atomic mass is 10.1. The lowest BCUT2D eigenvalue weighted by Crippen LogP contribution is -1.99. The van der Waals surface area contributed by atoms with Crippen molar-refractivity contribution in [2.24, 2.45) is 7.05 Å². The molecule has 0 radical (unpaired) electrons. The summed E-state index contributed by atoms with van der Waals surface area (Å²) in [5.74, 6) is 0. The van der Waals surface area contributed by atoms with Crippen LogP contribution in [0.3, 0.4) is 0 Å². The Morgan fingerprint density at radius 2 is 2.25 bits per heavy atom. The van der Waals surface area contributed by atoms with Crippen LogP contribution < -0.4 is 5.32 Å². The zero-order chi connectivity index (χ0) is 13.9. The summed E-state index contributed by atoms with van der Waals surface area (Å²) in [6, 6.07) is 8.25. The molecule has 0 aliphatic rings. The van der Waals surface area contributed by atoms with Gasteiger partial charge < -0.3 is 5.32 Å². The van der Waals surface area contributed by atoms with Gasteiger partial charge in [-0.1, -0.05) is 17.3 Å². The van der Waals surface area contributed by atoms with Gasteiger partial charge in [0.05, 0.1) is 17.2 Å². The van der Waals surface area contributed by atoms with Crippen LogP contribution in [0.2, 0.25) is 0 Å². The molecule has 5 nitrogen and oxygen atoms in total. The van der Waals surface area contributed by atoms with Gasteiger partial charge in [0.1, 0.15) is 5.69 Å². The predicted molar refractivity (Wildman–Crippen MR) is 80.6 cm³/mol. The van der Waals surface area contributed by atoms with Crippen LogP contribution in [-0.2, 0) is 13.6 Å². The Labute approximate surface area is 121 Å². The molecule has 0 aliphatic heterocycles. The Balaban J connectivity index is 1.74. The van der Waals surface area contributed by atoms with Gasteiger partial charge in [0.25, 0.3) is 0 Å². The summed E-state index contributed by atoms with van der Waals surface area (Å²) in [5, 5.41) is 14.5. The predicted octanol–water partition coefficient (Wildman–Crippen LogP) is 2.86. The Morgan fingerprint density at radius 3 is 2.95 bits per heavy atom. The Hall–Kier alpha value is -2.21. The van der Waals surface area contributed by atoms with E-state index in [1.54, 1.807) is 16.0 Å². The number of hydrogen-bond donors (Lipinski definition) is 1. The van der Waals surface area contributed by atoms with E-state index in [0.29, 0.717) is 6.54 Å². The SMILES string of the molecule is Cc1nc(-c2cccc(NCc3cn(C)nn3)c2)cs1. The van der Waals surface area contributed by atoms with Gasteiger partial charge >= 0.3 is 0 Å². The van der Waals surface area contributed by atoms with Crippen molar-refractivity contribution in [2.75, 3.05) is 5.32 Å². The van der Waals surface area contributed by atoms with Crippen molar-refractivity contribution in [2.45, 2.75) is 13.5 Å². The van der Waals surface area contributed by atoms with E-state index >= 15 is 0 Å². The number of anilines is 1. The van der Waals surface area contributed by atoms with Crippen LogP contribution in [0.1, 0.15) is 10.7 Å². The van der Waals surface area contributed by atoms with Gasteiger partial charge in [0, 0.05) is 29.9 Å². The van der Waals surface area contributed by atoms with E-state index in [1.165, 1.54) is 0 Å². The molecule has 0 spiro atoms. The molecule has 0 unspecified atom stereocenters. The average molecular weight is 285 g/mol. The van der Waals surface area contributed by atoms with Crippen LogP contribution in [-0.4, -0.2) is 20.0 Å². The maximum Gasteiger partial charge on any atom is 0.102 e. The van der Waals surface area contributed by atoms with Gasteiger partial charge in [-0.05, 0) is 19.1 Å². The van der Waals surface area contributed by atoms with Gasteiger partial charge in [-0.25, -0.2) is 4.98 Å². The fraction of sp³-hybridized carbons (Fsp3) is 0.214. The molecule has 0 fully saturated rings. The first-order valence-electron chi connectivity index (χ1n) is 6.32. The fourth-order valence-corrected chi connectivity index (χ4v) is 2.58. The molecule has 3 rings (SSSR count). The fourth-order valence-electron chi connectivity index (χ4n) is 1.95. The first-order valence-corrected chi connectivity index (χ1v) is 7.20. The Morgan fingerprint density at radius 1 is 1.35 bits per heavy atom. The van der Waals surface area contributed by atoms with Crippen LogP contribution in [0.4, 0.5) is 5.69 Å². The van der Waals surface area contributed by atoms with Gasteiger partial charge in [-0.3, -0.25) is 4.68 Å². The quantitative estimate of drug-likeness (QED) is 0.801. The lowest BCUT2D eigenvalue weighted by Gasteiger charge is -2.05. The molecular formula is C14H15N5S. The highest BCUT2D eigenvalue weighted by Crippen LogP contribution is 2.24. The average Bonchev–Trinajstić information content (AvgIpc) is 3.06. The monoisotopic (exact) mass is 285 g/mol. The zero-order valence-electron chi connectivity index (χ0n) is 11.4. The van der Waals surface area contributed by atoms with E-state index in [-0.39, 0.29) is 0 Å². The third-order valence-electron chi connectivity index (χ3n) is 2.90. The normalized spacial score (nSPS) is 10.7. The highest BCUT2D eigenvalue weighted by Gasteiger charge is 2.04. The Bertz CT molecular complexity index is 716. The molecule has 0 aliphatic carbocycles. The van der Waals surface area contributed by atoms with Gasteiger partial charge in [-0.2, -0.15) is 0 Å². The molecule has 2 heterocycles. The first kappa shape index (κ1) is 12.8. The number of hydrogen-bond acceptors (Lipinski definition) is 5. The summed E-state index contributed by atoms with van der Waals surface area (Å²) in [7, 11) is 1.86. The van der Waals surface area contributed by atoms with E-state index in [1.807, 2.05) is 32.3 Å². The molecule has 0 atom stereocenters. The minimum Gasteiger partial charge on any atom is -0.379 e. The molecule has 2 aromatic heterocycles. The highest BCUT2D eigenvalue weighted by molar-refractivity contribution is 7.09. The standard InChI is InChI=1S/C14H15N5S/c1-10-16-14(9-20-10)11-4-3-5-12(6-11)15-7-13-8-19(2)18-17-13/h3-6,8-9,15H,7H2,1-2H3. The summed E-state index contributed by atoms with van der Waals surface area (Å²) in [4.78, 5) is 4.51. The van der Waals surface area contributed by atoms with Crippen molar-refractivity contribution in [3.05, 3.63) is 46.5 Å². The molecule has 6 heteroatoms. The van der Waals surface area contributed by atoms with Gasteiger partial charge in [0.15, 0.2) is 0 Å². The second-order valence-electron chi connectivity index (χ2n) is 4.57. The maximum atomic E-state index is 4.51. The van der Waals surface area contributed by atoms with Crippen LogP contribution in [0.15, 0.2) is 35.8 Å². The summed E-state index contributed by atoms with van der Waals surface area (Å²) in [5.41, 5.74) is 4.12. The van der Waals surface area contributed by atoms with E-state index in [4.69, 9.17) is 0 Å². The smallest absolute Gasteiger partial charge is 0.102 e. The van der Waals surface area contributed by atoms with E-state index in [0.717, 1.165) is 27.6 Å². The molecule has 1 aromatic carbocycles. The Kier molecular flexibility index (Phi) is 3.47. The van der Waals surface area contributed by atoms with Gasteiger partial charge in [0.2, 0.25) is 0 Å². The summed E-state index contributed by atoms with van der Waals surface area (Å²) >= 11 is 1.67. The maximum absolute atomic E-state index is 4.51. The third kappa shape index (κ3) is 2.85. The molecule has 0 amide bonds. The number of nitrogens with zero attached hydrogens (tertiary/aromatic N) is 4. The van der Waals surface area contributed by atoms with Crippen LogP contribution in [0, 0.1) is 6.92 Å². The number of nitrogens with one attached hydrogen (secondary N) is 1. The number of benzene rings is 1. The van der Waals surface area contributed by atoms with E-state index in [9.17, 15) is 0 Å². The minimum absolute atomic E-state index is 0.660. The van der Waals surface area contributed by atoms with Crippen molar-refractivity contribution in [3.63, 3.8) is 0 Å². The number of thiazole rings is 1. The molecule has 0 saturated carbocycles. The molecule has 1 N–H and O–H groups in total. The first-order chi connectivity index (χ1) is 9.70. The van der Waals surface area contributed by atoms with Crippen LogP contribution in [0.5, 0.6) is 0 Å². The van der Waals surface area contributed by atoms with E-state index < -0.39 is 0 Å². The zero-order valence-corrected chi connectivity index (χ0v) is 12.2. The molecular weight excluding hydrogens is 270 g/mol. The summed E-state index contributed by atoms with van der Waals surface area (Å²) < 4.78 is 1.70. The van der Waals surface area contributed by atoms with Crippen molar-refractivity contribution in [1.82, 2.24) is 20.0 Å². The largest absolute Gasteiger partial charge is 0.379 e. The third-order valence-corrected chi connectivity index (χ3v) is 3.67. The second-order valence-corrected chi connectivity index (χ2v) is 5.63. The van der Waals surface area contributed by atoms with Crippen molar-refractivity contribution < 1.29 is 0 Å². The number of aromatic nitrogens is 4. The molecule has 3 aromatic rings. The van der Waals surface area contributed by atoms with E-state index in [2.05, 4.69) is 38.1 Å². The number of rotatable bonds is 4. The van der Waals surface area contributed by atoms with Crippen LogP contribution >= 0.6 is 11.3 Å². The lowest BCUT2D eigenvalue weighted by molar-refractivity contribution is 0.713. The number of aryl methyl sites for hydroxylation is 2. The highest BCUT2D eigenvalue weighted by atomic mass is 32.1. The molecule has 20 heavy (non-hydrogen) atoms. The molecule has 102 valence electrons.